The third kappa shape index (κ3) is 3.30. The van der Waals surface area contributed by atoms with Crippen LogP contribution in [0.2, 0.25) is 0 Å². The fraction of sp³-hybridized carbons (Fsp3) is 0.100. The number of rotatable bonds is 4. The number of hydrogen-bond acceptors (Lipinski definition) is 5. The maximum absolute atomic E-state index is 9.63. The summed E-state index contributed by atoms with van der Waals surface area (Å²) in [4.78, 5) is 5.85. The Bertz CT molecular complexity index is 868. The third-order valence-electron chi connectivity index (χ3n) is 4.06. The van der Waals surface area contributed by atoms with Gasteiger partial charge in [0.1, 0.15) is 0 Å². The molecule has 0 bridgehead atoms. The van der Waals surface area contributed by atoms with Crippen molar-refractivity contribution in [1.29, 1.82) is 0 Å². The summed E-state index contributed by atoms with van der Waals surface area (Å²) in [5.41, 5.74) is 2.47. The van der Waals surface area contributed by atoms with E-state index in [1.165, 1.54) is 27.2 Å². The predicted octanol–water partition coefficient (Wildman–Crippen LogP) is 5.49. The summed E-state index contributed by atoms with van der Waals surface area (Å²) >= 11 is 3.48. The minimum Gasteiger partial charge on any atom is -0.504 e. The molecule has 1 heterocycles. The van der Waals surface area contributed by atoms with Crippen LogP contribution >= 0.6 is 23.5 Å². The molecule has 5 heteroatoms. The second-order valence-electron chi connectivity index (χ2n) is 5.69. The van der Waals surface area contributed by atoms with Gasteiger partial charge in [-0.25, -0.2) is 0 Å². The van der Waals surface area contributed by atoms with Gasteiger partial charge in [-0.15, -0.1) is 11.8 Å². The Morgan fingerprint density at radius 1 is 0.800 bits per heavy atom. The largest absolute Gasteiger partial charge is 0.504 e. The average molecular weight is 367 g/mol. The molecule has 0 aliphatic carbocycles. The van der Waals surface area contributed by atoms with Crippen LogP contribution in [0.1, 0.15) is 0 Å². The molecule has 3 nitrogen and oxygen atoms in total. The van der Waals surface area contributed by atoms with Gasteiger partial charge in [0.15, 0.2) is 11.5 Å². The Kier molecular flexibility index (Phi) is 4.51. The number of hydrogen-bond donors (Lipinski definition) is 2. The van der Waals surface area contributed by atoms with Crippen LogP contribution in [0.25, 0.3) is 0 Å². The van der Waals surface area contributed by atoms with Crippen molar-refractivity contribution in [3.8, 4) is 11.5 Å². The third-order valence-corrected chi connectivity index (χ3v) is 6.17. The molecule has 0 spiro atoms. The van der Waals surface area contributed by atoms with Crippen LogP contribution in [0.15, 0.2) is 81.4 Å². The Morgan fingerprint density at radius 2 is 1.44 bits per heavy atom. The van der Waals surface area contributed by atoms with Crippen molar-refractivity contribution in [3.05, 3.63) is 66.7 Å². The van der Waals surface area contributed by atoms with E-state index in [0.717, 1.165) is 17.2 Å². The lowest BCUT2D eigenvalue weighted by Gasteiger charge is -2.32. The first-order valence-electron chi connectivity index (χ1n) is 8.00. The zero-order valence-electron chi connectivity index (χ0n) is 13.4. The molecule has 2 N–H and O–H groups in total. The second kappa shape index (κ2) is 6.94. The van der Waals surface area contributed by atoms with Gasteiger partial charge in [-0.2, -0.15) is 0 Å². The highest BCUT2D eigenvalue weighted by atomic mass is 32.2. The van der Waals surface area contributed by atoms with Gasteiger partial charge in [0.2, 0.25) is 0 Å². The number of phenolic OH excluding ortho intramolecular Hbond substituents is 2. The maximum Gasteiger partial charge on any atom is 0.158 e. The van der Waals surface area contributed by atoms with Gasteiger partial charge >= 0.3 is 0 Å². The average Bonchev–Trinajstić information content (AvgIpc) is 2.64. The molecule has 1 aliphatic heterocycles. The van der Waals surface area contributed by atoms with E-state index in [0.29, 0.717) is 0 Å². The smallest absolute Gasteiger partial charge is 0.158 e. The molecule has 3 aromatic carbocycles. The topological polar surface area (TPSA) is 43.7 Å². The number of fused-ring (bicyclic) bond motifs is 2. The molecule has 0 atom stereocenters. The normalized spacial score (nSPS) is 12.6. The summed E-state index contributed by atoms with van der Waals surface area (Å²) in [5.74, 6) is 0.715. The van der Waals surface area contributed by atoms with E-state index < -0.39 is 0 Å². The zero-order chi connectivity index (χ0) is 17.2. The molecule has 0 saturated carbocycles. The molecule has 0 amide bonds. The fourth-order valence-electron chi connectivity index (χ4n) is 2.87. The van der Waals surface area contributed by atoms with Crippen molar-refractivity contribution < 1.29 is 10.2 Å². The van der Waals surface area contributed by atoms with E-state index in [9.17, 15) is 10.2 Å². The highest BCUT2D eigenvalue weighted by molar-refractivity contribution is 8.00. The van der Waals surface area contributed by atoms with Gasteiger partial charge in [-0.05, 0) is 42.5 Å². The van der Waals surface area contributed by atoms with E-state index >= 15 is 0 Å². The number of anilines is 2. The molecule has 25 heavy (non-hydrogen) atoms. The molecule has 1 aliphatic rings. The molecule has 3 aromatic rings. The van der Waals surface area contributed by atoms with E-state index in [1.807, 2.05) is 17.8 Å². The summed E-state index contributed by atoms with van der Waals surface area (Å²) in [6.45, 7) is 0.862. The molecule has 126 valence electrons. The van der Waals surface area contributed by atoms with Gasteiger partial charge in [0, 0.05) is 27.0 Å². The zero-order valence-corrected chi connectivity index (χ0v) is 15.1. The van der Waals surface area contributed by atoms with Crippen LogP contribution < -0.4 is 4.90 Å². The number of thioether (sulfide) groups is 1. The van der Waals surface area contributed by atoms with Crippen LogP contribution in [0.4, 0.5) is 11.4 Å². The molecule has 0 fully saturated rings. The van der Waals surface area contributed by atoms with Gasteiger partial charge < -0.3 is 15.1 Å². The molecule has 4 rings (SSSR count). The van der Waals surface area contributed by atoms with Gasteiger partial charge in [0.05, 0.1) is 11.4 Å². The summed E-state index contributed by atoms with van der Waals surface area (Å²) in [6, 6.07) is 21.9. The summed E-state index contributed by atoms with van der Waals surface area (Å²) in [6.07, 6.45) is 0. The van der Waals surface area contributed by atoms with Gasteiger partial charge in [0.25, 0.3) is 0 Å². The van der Waals surface area contributed by atoms with Crippen LogP contribution in [0.3, 0.4) is 0 Å². The minimum absolute atomic E-state index is 0.0740. The number of aromatic hydroxyl groups is 2. The van der Waals surface area contributed by atoms with Crippen molar-refractivity contribution in [3.63, 3.8) is 0 Å². The molecule has 0 unspecified atom stereocenters. The Balaban J connectivity index is 1.55. The van der Waals surface area contributed by atoms with Crippen molar-refractivity contribution in [2.24, 2.45) is 0 Å². The molecule has 0 radical (unpaired) electrons. The lowest BCUT2D eigenvalue weighted by Crippen LogP contribution is -2.23. The van der Waals surface area contributed by atoms with Crippen LogP contribution in [0, 0.1) is 0 Å². The lowest BCUT2D eigenvalue weighted by atomic mass is 10.2. The highest BCUT2D eigenvalue weighted by Gasteiger charge is 2.22. The molecule has 0 aromatic heterocycles. The first kappa shape index (κ1) is 16.2. The second-order valence-corrected chi connectivity index (χ2v) is 7.94. The summed E-state index contributed by atoms with van der Waals surface area (Å²) in [7, 11) is 0. The Labute approximate surface area is 155 Å². The molecular formula is C20H17NO2S2. The number of benzene rings is 3. The monoisotopic (exact) mass is 367 g/mol. The lowest BCUT2D eigenvalue weighted by molar-refractivity contribution is 0.402. The Morgan fingerprint density at radius 3 is 2.08 bits per heavy atom. The van der Waals surface area contributed by atoms with Crippen molar-refractivity contribution in [1.82, 2.24) is 0 Å². The number of nitrogens with zero attached hydrogens (tertiary/aromatic N) is 1. The standard InChI is InChI=1S/C20H17NO2S2/c22-17-10-9-14(13-18(17)23)24-12-11-21-15-5-1-3-7-19(15)25-20-8-4-2-6-16(20)21/h1-10,13,22-23H,11-12H2. The van der Waals surface area contributed by atoms with E-state index in [1.54, 1.807) is 17.8 Å². The maximum atomic E-state index is 9.63. The van der Waals surface area contributed by atoms with E-state index in [2.05, 4.69) is 53.4 Å². The SMILES string of the molecule is Oc1ccc(SCCN2c3ccccc3Sc3ccccc32)cc1O. The van der Waals surface area contributed by atoms with Crippen molar-refractivity contribution in [2.75, 3.05) is 17.2 Å². The van der Waals surface area contributed by atoms with Crippen LogP contribution in [-0.2, 0) is 0 Å². The first-order valence-corrected chi connectivity index (χ1v) is 9.81. The fourth-order valence-corrected chi connectivity index (χ4v) is 4.83. The molecular weight excluding hydrogens is 350 g/mol. The summed E-state index contributed by atoms with van der Waals surface area (Å²) < 4.78 is 0. The van der Waals surface area contributed by atoms with Crippen LogP contribution in [-0.4, -0.2) is 22.5 Å². The van der Waals surface area contributed by atoms with Gasteiger partial charge in [-0.1, -0.05) is 36.0 Å². The van der Waals surface area contributed by atoms with Gasteiger partial charge in [-0.3, -0.25) is 0 Å². The number of phenols is 2. The van der Waals surface area contributed by atoms with Crippen LogP contribution in [0.5, 0.6) is 11.5 Å². The van der Waals surface area contributed by atoms with Crippen molar-refractivity contribution in [2.45, 2.75) is 14.7 Å². The van der Waals surface area contributed by atoms with E-state index in [-0.39, 0.29) is 11.5 Å². The van der Waals surface area contributed by atoms with E-state index in [4.69, 9.17) is 0 Å². The number of para-hydroxylation sites is 2. The molecule has 0 saturated heterocycles. The minimum atomic E-state index is -0.0831. The quantitative estimate of drug-likeness (QED) is 0.471. The predicted molar refractivity (Wildman–Crippen MR) is 105 cm³/mol. The highest BCUT2D eigenvalue weighted by Crippen LogP contribution is 2.47. The first-order chi connectivity index (χ1) is 12.2. The van der Waals surface area contributed by atoms with Crippen molar-refractivity contribution >= 4 is 34.9 Å². The summed E-state index contributed by atoms with van der Waals surface area (Å²) in [5, 5.41) is 19.1. The Hall–Kier alpha value is -2.24.